The highest BCUT2D eigenvalue weighted by atomic mass is 32.1. The van der Waals surface area contributed by atoms with E-state index in [9.17, 15) is 18.8 Å². The third-order valence-electron chi connectivity index (χ3n) is 11.9. The van der Waals surface area contributed by atoms with Crippen molar-refractivity contribution in [2.45, 2.75) is 58.3 Å². The third kappa shape index (κ3) is 6.76. The zero-order valence-electron chi connectivity index (χ0n) is 31.0. The van der Waals surface area contributed by atoms with E-state index < -0.39 is 0 Å². The van der Waals surface area contributed by atoms with Crippen LogP contribution in [0.1, 0.15) is 84.0 Å². The summed E-state index contributed by atoms with van der Waals surface area (Å²) in [6, 6.07) is 23.7. The average Bonchev–Trinajstić information content (AvgIpc) is 3.56. The van der Waals surface area contributed by atoms with Crippen LogP contribution in [-0.2, 0) is 30.4 Å². The van der Waals surface area contributed by atoms with Crippen LogP contribution in [-0.4, -0.2) is 55.4 Å². The Balaban J connectivity index is 0.920. The first-order valence-electron chi connectivity index (χ1n) is 19.3. The molecule has 1 N–H and O–H groups in total. The van der Waals surface area contributed by atoms with Gasteiger partial charge in [0.1, 0.15) is 11.6 Å². The quantitative estimate of drug-likeness (QED) is 0.167. The second-order valence-corrected chi connectivity index (χ2v) is 16.5. The van der Waals surface area contributed by atoms with Crippen LogP contribution >= 0.6 is 11.3 Å². The molecule has 0 saturated carbocycles. The summed E-state index contributed by atoms with van der Waals surface area (Å²) in [5, 5.41) is 3.10. The number of ether oxygens (including phenoxy) is 1. The standard InChI is InChI=1S/C45H43FN4O4S/c1-28-7-6-10-36(46)34(28)25-39(51)40-24-31-17-20-50(38-12-5-3-9-33(38)41(31)55-40)44(53)29-13-15-32(16-14-29)47-43(52)35-23-30-8-2-4-11-37(30)48-42(35)49-26-45(27-49)18-21-54-22-19-45/h3,5-7,9-10,12-16,23-24H,2,4,8,11,17-22,25-27H2,1H3,(H,47,52). The lowest BCUT2D eigenvalue weighted by atomic mass is 9.73. The molecule has 0 bridgehead atoms. The molecule has 8 nitrogen and oxygen atoms in total. The number of aryl methyl sites for hydroxylation is 3. The van der Waals surface area contributed by atoms with Crippen LogP contribution in [0.3, 0.4) is 0 Å². The van der Waals surface area contributed by atoms with E-state index in [4.69, 9.17) is 9.72 Å². The molecule has 0 unspecified atom stereocenters. The van der Waals surface area contributed by atoms with Crippen LogP contribution in [0.2, 0.25) is 0 Å². The first-order valence-corrected chi connectivity index (χ1v) is 20.1. The number of nitrogens with one attached hydrogen (secondary N) is 1. The van der Waals surface area contributed by atoms with E-state index in [1.165, 1.54) is 17.4 Å². The van der Waals surface area contributed by atoms with E-state index >= 15 is 0 Å². The predicted molar refractivity (Wildman–Crippen MR) is 214 cm³/mol. The molecule has 1 aliphatic carbocycles. The molecule has 9 rings (SSSR count). The Morgan fingerprint density at radius 1 is 0.909 bits per heavy atom. The summed E-state index contributed by atoms with van der Waals surface area (Å²) in [4.78, 5) is 52.2. The number of carbonyl (C=O) groups excluding carboxylic acids is 3. The van der Waals surface area contributed by atoms with Gasteiger partial charge in [0.15, 0.2) is 5.78 Å². The lowest BCUT2D eigenvalue weighted by molar-refractivity contribution is -0.000525. The monoisotopic (exact) mass is 754 g/mol. The molecule has 2 saturated heterocycles. The number of pyridine rings is 1. The van der Waals surface area contributed by atoms with E-state index in [-0.39, 0.29) is 35.3 Å². The minimum Gasteiger partial charge on any atom is -0.381 e. The number of hydrogen-bond donors (Lipinski definition) is 1. The van der Waals surface area contributed by atoms with Gasteiger partial charge in [-0.05, 0) is 123 Å². The van der Waals surface area contributed by atoms with Gasteiger partial charge in [-0.25, -0.2) is 9.37 Å². The van der Waals surface area contributed by atoms with Crippen LogP contribution in [0.15, 0.2) is 78.9 Å². The minimum absolute atomic E-state index is 0.00123. The Labute approximate surface area is 324 Å². The number of Topliss-reactive ketones (excluding diaryl/α,β-unsaturated/α-hetero) is 1. The van der Waals surface area contributed by atoms with Crippen LogP contribution in [0.25, 0.3) is 10.4 Å². The predicted octanol–water partition coefficient (Wildman–Crippen LogP) is 8.63. The van der Waals surface area contributed by atoms with Crippen molar-refractivity contribution in [3.63, 3.8) is 0 Å². The summed E-state index contributed by atoms with van der Waals surface area (Å²) >= 11 is 1.40. The fraction of sp³-hybridized carbons (Fsp3) is 0.333. The summed E-state index contributed by atoms with van der Waals surface area (Å²) in [6.45, 7) is 5.61. The molecule has 4 aliphatic rings. The number of rotatable bonds is 7. The number of halogens is 1. The highest BCUT2D eigenvalue weighted by Gasteiger charge is 2.45. The van der Waals surface area contributed by atoms with Crippen molar-refractivity contribution in [3.8, 4) is 10.4 Å². The maximum absolute atomic E-state index is 14.6. The molecule has 5 heterocycles. The van der Waals surface area contributed by atoms with Crippen molar-refractivity contribution in [1.29, 1.82) is 0 Å². The second kappa shape index (κ2) is 14.5. The van der Waals surface area contributed by atoms with Crippen molar-refractivity contribution in [3.05, 3.63) is 129 Å². The molecule has 2 aromatic heterocycles. The number of fused-ring (bicyclic) bond motifs is 4. The topological polar surface area (TPSA) is 91.8 Å². The molecule has 5 aromatic rings. The van der Waals surface area contributed by atoms with Gasteiger partial charge in [-0.2, -0.15) is 0 Å². The number of aromatic nitrogens is 1. The number of anilines is 3. The Hall–Kier alpha value is -5.19. The van der Waals surface area contributed by atoms with Crippen LogP contribution in [0.4, 0.5) is 21.6 Å². The molecule has 0 radical (unpaired) electrons. The van der Waals surface area contributed by atoms with Gasteiger partial charge in [0, 0.05) is 72.1 Å². The highest BCUT2D eigenvalue weighted by molar-refractivity contribution is 7.17. The molecule has 55 heavy (non-hydrogen) atoms. The summed E-state index contributed by atoms with van der Waals surface area (Å²) < 4.78 is 20.2. The Bertz CT molecular complexity index is 2300. The van der Waals surface area contributed by atoms with Gasteiger partial charge < -0.3 is 19.9 Å². The van der Waals surface area contributed by atoms with Crippen molar-refractivity contribution in [2.24, 2.45) is 5.41 Å². The number of amides is 2. The van der Waals surface area contributed by atoms with Gasteiger partial charge >= 0.3 is 0 Å². The lowest BCUT2D eigenvalue weighted by Crippen LogP contribution is -2.59. The van der Waals surface area contributed by atoms with Crippen molar-refractivity contribution < 1.29 is 23.5 Å². The van der Waals surface area contributed by atoms with Crippen molar-refractivity contribution >= 4 is 46.1 Å². The summed E-state index contributed by atoms with van der Waals surface area (Å²) in [5.41, 5.74) is 8.08. The summed E-state index contributed by atoms with van der Waals surface area (Å²) in [7, 11) is 0. The van der Waals surface area contributed by atoms with E-state index in [0.717, 1.165) is 109 Å². The van der Waals surface area contributed by atoms with Gasteiger partial charge in [0.2, 0.25) is 0 Å². The van der Waals surface area contributed by atoms with Crippen LogP contribution in [0, 0.1) is 18.2 Å². The van der Waals surface area contributed by atoms with E-state index in [2.05, 4.69) is 16.3 Å². The lowest BCUT2D eigenvalue weighted by Gasteiger charge is -2.53. The number of carbonyl (C=O) groups is 3. The average molecular weight is 755 g/mol. The second-order valence-electron chi connectivity index (χ2n) is 15.5. The number of ketones is 1. The molecule has 0 atom stereocenters. The third-order valence-corrected chi connectivity index (χ3v) is 13.1. The van der Waals surface area contributed by atoms with Crippen LogP contribution < -0.4 is 15.1 Å². The smallest absolute Gasteiger partial charge is 0.259 e. The number of para-hydroxylation sites is 1. The molecule has 2 fully saturated rings. The number of nitrogens with zero attached hydrogens (tertiary/aromatic N) is 3. The molecule has 280 valence electrons. The molecule has 10 heteroatoms. The zero-order chi connectivity index (χ0) is 37.7. The van der Waals surface area contributed by atoms with Crippen molar-refractivity contribution in [2.75, 3.05) is 48.0 Å². The van der Waals surface area contributed by atoms with E-state index in [0.29, 0.717) is 40.2 Å². The molecular formula is C45H43FN4O4S. The first kappa shape index (κ1) is 35.5. The van der Waals surface area contributed by atoms with Gasteiger partial charge in [-0.15, -0.1) is 11.3 Å². The van der Waals surface area contributed by atoms with E-state index in [1.807, 2.05) is 43.3 Å². The van der Waals surface area contributed by atoms with Gasteiger partial charge in [0.05, 0.1) is 16.1 Å². The molecule has 3 aliphatic heterocycles. The highest BCUT2D eigenvalue weighted by Crippen LogP contribution is 2.44. The number of benzene rings is 3. The fourth-order valence-corrected chi connectivity index (χ4v) is 9.88. The Morgan fingerprint density at radius 3 is 2.49 bits per heavy atom. The first-order chi connectivity index (χ1) is 26.7. The fourth-order valence-electron chi connectivity index (χ4n) is 8.70. The molecular weight excluding hydrogens is 712 g/mol. The Morgan fingerprint density at radius 2 is 1.69 bits per heavy atom. The SMILES string of the molecule is Cc1cccc(F)c1CC(=O)c1cc2c(s1)-c1ccccc1N(C(=O)c1ccc(NC(=O)c3cc4c(nc3N3CC5(CCOCC5)C3)CCCC4)cc1)CC2. The van der Waals surface area contributed by atoms with Crippen molar-refractivity contribution in [1.82, 2.24) is 4.98 Å². The maximum atomic E-state index is 14.6. The summed E-state index contributed by atoms with van der Waals surface area (Å²) in [5.74, 6) is -0.0581. The summed E-state index contributed by atoms with van der Waals surface area (Å²) in [6.07, 6.45) is 6.75. The number of hydrogen-bond acceptors (Lipinski definition) is 7. The molecule has 1 spiro atoms. The Kier molecular flexibility index (Phi) is 9.34. The normalized spacial score (nSPS) is 17.1. The maximum Gasteiger partial charge on any atom is 0.259 e. The zero-order valence-corrected chi connectivity index (χ0v) is 31.8. The molecule has 2 amide bonds. The van der Waals surface area contributed by atoms with E-state index in [1.54, 1.807) is 35.2 Å². The minimum atomic E-state index is -0.368. The number of thiophene rings is 1. The van der Waals surface area contributed by atoms with Gasteiger partial charge in [0.25, 0.3) is 11.8 Å². The van der Waals surface area contributed by atoms with Gasteiger partial charge in [-0.1, -0.05) is 30.3 Å². The van der Waals surface area contributed by atoms with Crippen LogP contribution in [0.5, 0.6) is 0 Å². The molecule has 3 aromatic carbocycles. The van der Waals surface area contributed by atoms with Gasteiger partial charge in [-0.3, -0.25) is 14.4 Å². The largest absolute Gasteiger partial charge is 0.381 e.